The third-order valence-electron chi connectivity index (χ3n) is 3.61. The van der Waals surface area contributed by atoms with Gasteiger partial charge in [-0.2, -0.15) is 5.10 Å². The second kappa shape index (κ2) is 7.19. The summed E-state index contributed by atoms with van der Waals surface area (Å²) in [5.41, 5.74) is 2.60. The molecule has 24 heavy (non-hydrogen) atoms. The fraction of sp³-hybridized carbons (Fsp3) is 0.312. The molecule has 0 aliphatic heterocycles. The van der Waals surface area contributed by atoms with E-state index in [1.54, 1.807) is 13.1 Å². The van der Waals surface area contributed by atoms with Gasteiger partial charge in [0.15, 0.2) is 0 Å². The van der Waals surface area contributed by atoms with Crippen LogP contribution in [0.15, 0.2) is 6.08 Å². The number of nitrogens with one attached hydrogen (secondary N) is 1. The van der Waals surface area contributed by atoms with Gasteiger partial charge in [0.05, 0.1) is 18.4 Å². The Kier molecular flexibility index (Phi) is 5.46. The summed E-state index contributed by atoms with van der Waals surface area (Å²) in [6.45, 7) is 5.52. The largest absolute Gasteiger partial charge is 0.465 e. The number of amides is 1. The second-order valence-corrected chi connectivity index (χ2v) is 6.80. The molecule has 0 unspecified atom stereocenters. The normalized spacial score (nSPS) is 11.1. The SMILES string of the molecule is COC(=O)c1c(NC(=O)/C=C/c2c(C)nn(C)c2Cl)sc(C)c1C. The number of hydrogen-bond donors (Lipinski definition) is 1. The number of halogens is 1. The fourth-order valence-corrected chi connectivity index (χ4v) is 3.50. The van der Waals surface area contributed by atoms with Crippen molar-refractivity contribution in [1.29, 1.82) is 0 Å². The number of anilines is 1. The van der Waals surface area contributed by atoms with Crippen LogP contribution in [0, 0.1) is 20.8 Å². The smallest absolute Gasteiger partial charge is 0.341 e. The minimum Gasteiger partial charge on any atom is -0.465 e. The Morgan fingerprint density at radius 2 is 2.00 bits per heavy atom. The van der Waals surface area contributed by atoms with Gasteiger partial charge in [-0.15, -0.1) is 11.3 Å². The van der Waals surface area contributed by atoms with Crippen molar-refractivity contribution in [2.75, 3.05) is 12.4 Å². The average molecular weight is 368 g/mol. The Bertz CT molecular complexity index is 836. The van der Waals surface area contributed by atoms with Crippen LogP contribution in [-0.4, -0.2) is 28.8 Å². The summed E-state index contributed by atoms with van der Waals surface area (Å²) < 4.78 is 6.32. The fourth-order valence-electron chi connectivity index (χ4n) is 2.21. The Morgan fingerprint density at radius 1 is 1.33 bits per heavy atom. The zero-order valence-electron chi connectivity index (χ0n) is 14.1. The van der Waals surface area contributed by atoms with Gasteiger partial charge in [0.1, 0.15) is 10.2 Å². The molecule has 0 aliphatic rings. The van der Waals surface area contributed by atoms with E-state index in [2.05, 4.69) is 10.4 Å². The van der Waals surface area contributed by atoms with E-state index in [-0.39, 0.29) is 5.91 Å². The summed E-state index contributed by atoms with van der Waals surface area (Å²) in [5.74, 6) is -0.831. The first-order chi connectivity index (χ1) is 11.3. The van der Waals surface area contributed by atoms with Gasteiger partial charge in [-0.25, -0.2) is 4.79 Å². The molecule has 0 spiro atoms. The number of carbonyl (C=O) groups excluding carboxylic acids is 2. The van der Waals surface area contributed by atoms with Crippen molar-refractivity contribution in [3.63, 3.8) is 0 Å². The van der Waals surface area contributed by atoms with E-state index in [1.807, 2.05) is 20.8 Å². The highest BCUT2D eigenvalue weighted by Crippen LogP contribution is 2.33. The van der Waals surface area contributed by atoms with Crippen molar-refractivity contribution in [2.45, 2.75) is 20.8 Å². The van der Waals surface area contributed by atoms with Gasteiger partial charge in [-0.3, -0.25) is 9.48 Å². The molecule has 2 rings (SSSR count). The number of nitrogens with zero attached hydrogens (tertiary/aromatic N) is 2. The summed E-state index contributed by atoms with van der Waals surface area (Å²) >= 11 is 7.46. The second-order valence-electron chi connectivity index (χ2n) is 5.22. The lowest BCUT2D eigenvalue weighted by molar-refractivity contribution is -0.111. The Labute approximate surface area is 149 Å². The van der Waals surface area contributed by atoms with Gasteiger partial charge in [0.2, 0.25) is 5.91 Å². The van der Waals surface area contributed by atoms with Gasteiger partial charge in [-0.1, -0.05) is 11.6 Å². The molecule has 0 saturated carbocycles. The molecule has 0 saturated heterocycles. The first kappa shape index (κ1) is 18.2. The van der Waals surface area contributed by atoms with Crippen LogP contribution in [0.5, 0.6) is 0 Å². The first-order valence-corrected chi connectivity index (χ1v) is 8.32. The van der Waals surface area contributed by atoms with E-state index >= 15 is 0 Å². The lowest BCUT2D eigenvalue weighted by Gasteiger charge is -2.04. The maximum Gasteiger partial charge on any atom is 0.341 e. The molecule has 0 aromatic carbocycles. The summed E-state index contributed by atoms with van der Waals surface area (Å²) in [6.07, 6.45) is 2.96. The minimum absolute atomic E-state index is 0.360. The predicted octanol–water partition coefficient (Wildman–Crippen LogP) is 3.50. The van der Waals surface area contributed by atoms with E-state index < -0.39 is 5.97 Å². The van der Waals surface area contributed by atoms with E-state index in [0.29, 0.717) is 21.3 Å². The van der Waals surface area contributed by atoms with Crippen molar-refractivity contribution >= 4 is 45.9 Å². The Balaban J connectivity index is 2.23. The number of thiophene rings is 1. The van der Waals surface area contributed by atoms with Crippen molar-refractivity contribution in [1.82, 2.24) is 9.78 Å². The highest BCUT2D eigenvalue weighted by atomic mass is 35.5. The number of aryl methyl sites for hydroxylation is 3. The molecule has 0 bridgehead atoms. The predicted molar refractivity (Wildman–Crippen MR) is 95.8 cm³/mol. The van der Waals surface area contributed by atoms with Crippen LogP contribution in [0.2, 0.25) is 5.15 Å². The maximum absolute atomic E-state index is 12.2. The zero-order chi connectivity index (χ0) is 18.0. The Hall–Kier alpha value is -2.12. The van der Waals surface area contributed by atoms with Gasteiger partial charge in [0, 0.05) is 23.6 Å². The van der Waals surface area contributed by atoms with Crippen LogP contribution in [-0.2, 0) is 16.6 Å². The monoisotopic (exact) mass is 367 g/mol. The number of aromatic nitrogens is 2. The topological polar surface area (TPSA) is 73.2 Å². The molecule has 0 fully saturated rings. The average Bonchev–Trinajstić information content (AvgIpc) is 2.93. The van der Waals surface area contributed by atoms with Crippen LogP contribution in [0.3, 0.4) is 0 Å². The van der Waals surface area contributed by atoms with E-state index in [0.717, 1.165) is 16.1 Å². The highest BCUT2D eigenvalue weighted by molar-refractivity contribution is 7.16. The molecule has 1 N–H and O–H groups in total. The van der Waals surface area contributed by atoms with E-state index in [9.17, 15) is 9.59 Å². The standard InChI is InChI=1S/C16H18ClN3O3S/c1-8-10(3)24-15(13(8)16(22)23-5)18-12(21)7-6-11-9(2)19-20(4)14(11)17/h6-7H,1-5H3,(H,18,21)/b7-6+. The molecular formula is C16H18ClN3O3S. The lowest BCUT2D eigenvalue weighted by Crippen LogP contribution is -2.11. The number of methoxy groups -OCH3 is 1. The maximum atomic E-state index is 12.2. The third-order valence-corrected chi connectivity index (χ3v) is 5.18. The molecule has 2 aromatic heterocycles. The summed E-state index contributed by atoms with van der Waals surface area (Å²) in [5, 5.41) is 7.83. The van der Waals surface area contributed by atoms with E-state index in [4.69, 9.17) is 16.3 Å². The van der Waals surface area contributed by atoms with Gasteiger partial charge >= 0.3 is 5.97 Å². The van der Waals surface area contributed by atoms with Crippen LogP contribution < -0.4 is 5.32 Å². The van der Waals surface area contributed by atoms with Crippen LogP contribution in [0.4, 0.5) is 5.00 Å². The van der Waals surface area contributed by atoms with E-state index in [1.165, 1.54) is 29.2 Å². The molecule has 8 heteroatoms. The molecule has 6 nitrogen and oxygen atoms in total. The number of rotatable bonds is 4. The third kappa shape index (κ3) is 3.52. The van der Waals surface area contributed by atoms with Crippen LogP contribution in [0.25, 0.3) is 6.08 Å². The first-order valence-electron chi connectivity index (χ1n) is 7.12. The van der Waals surface area contributed by atoms with Crippen molar-refractivity contribution in [3.8, 4) is 0 Å². The molecule has 2 heterocycles. The number of carbonyl (C=O) groups is 2. The summed E-state index contributed by atoms with van der Waals surface area (Å²) in [7, 11) is 3.04. The molecule has 0 atom stereocenters. The lowest BCUT2D eigenvalue weighted by atomic mass is 10.1. The molecular weight excluding hydrogens is 350 g/mol. The van der Waals surface area contributed by atoms with Gasteiger partial charge in [0.25, 0.3) is 0 Å². The van der Waals surface area contributed by atoms with Crippen molar-refractivity contribution in [2.24, 2.45) is 7.05 Å². The van der Waals surface area contributed by atoms with Crippen LogP contribution in [0.1, 0.15) is 32.1 Å². The van der Waals surface area contributed by atoms with Crippen molar-refractivity contribution < 1.29 is 14.3 Å². The quantitative estimate of drug-likeness (QED) is 0.663. The Morgan fingerprint density at radius 3 is 2.54 bits per heavy atom. The molecule has 0 aliphatic carbocycles. The molecule has 128 valence electrons. The number of esters is 1. The molecule has 1 amide bonds. The minimum atomic E-state index is -0.470. The van der Waals surface area contributed by atoms with Crippen molar-refractivity contribution in [3.05, 3.63) is 38.5 Å². The molecule has 0 radical (unpaired) electrons. The van der Waals surface area contributed by atoms with Crippen LogP contribution >= 0.6 is 22.9 Å². The number of hydrogen-bond acceptors (Lipinski definition) is 5. The highest BCUT2D eigenvalue weighted by Gasteiger charge is 2.21. The molecule has 2 aromatic rings. The summed E-state index contributed by atoms with van der Waals surface area (Å²) in [4.78, 5) is 25.0. The number of ether oxygens (including phenoxy) is 1. The zero-order valence-corrected chi connectivity index (χ0v) is 15.6. The van der Waals surface area contributed by atoms with Gasteiger partial charge < -0.3 is 10.1 Å². The van der Waals surface area contributed by atoms with Gasteiger partial charge in [-0.05, 0) is 32.4 Å². The summed E-state index contributed by atoms with van der Waals surface area (Å²) in [6, 6.07) is 0.